The molecule has 1 aromatic heterocycles. The van der Waals surface area contributed by atoms with Gasteiger partial charge in [0.25, 0.3) is 11.5 Å². The van der Waals surface area contributed by atoms with Crippen LogP contribution in [0.15, 0.2) is 34.6 Å². The third-order valence-electron chi connectivity index (χ3n) is 5.99. The number of aromatic amines is 1. The Morgan fingerprint density at radius 2 is 1.73 bits per heavy atom. The van der Waals surface area contributed by atoms with Gasteiger partial charge in [0, 0.05) is 35.1 Å². The van der Waals surface area contributed by atoms with Crippen molar-refractivity contribution in [2.75, 3.05) is 18.4 Å². The highest BCUT2D eigenvalue weighted by atomic mass is 16.1. The Balaban J connectivity index is 0.000000696. The van der Waals surface area contributed by atoms with Crippen LogP contribution in [-0.2, 0) is 6.54 Å². The number of benzene rings is 1. The van der Waals surface area contributed by atoms with Crippen molar-refractivity contribution in [2.45, 2.75) is 73.9 Å². The van der Waals surface area contributed by atoms with Gasteiger partial charge in [0.2, 0.25) is 0 Å². The van der Waals surface area contributed by atoms with Crippen LogP contribution in [0.5, 0.6) is 0 Å². The molecule has 1 aliphatic rings. The van der Waals surface area contributed by atoms with Crippen molar-refractivity contribution in [2.24, 2.45) is 0 Å². The molecule has 0 atom stereocenters. The van der Waals surface area contributed by atoms with Crippen molar-refractivity contribution in [3.8, 4) is 0 Å². The maximum absolute atomic E-state index is 12.9. The van der Waals surface area contributed by atoms with Crippen molar-refractivity contribution >= 4 is 11.6 Å². The van der Waals surface area contributed by atoms with E-state index < -0.39 is 0 Å². The van der Waals surface area contributed by atoms with Gasteiger partial charge in [0.05, 0.1) is 0 Å². The molecule has 0 bridgehead atoms. The van der Waals surface area contributed by atoms with Crippen molar-refractivity contribution in [3.05, 3.63) is 73.7 Å². The van der Waals surface area contributed by atoms with E-state index in [-0.39, 0.29) is 18.0 Å². The smallest absolute Gasteiger partial charge is 0.253 e. The second kappa shape index (κ2) is 12.4. The Morgan fingerprint density at radius 1 is 1.09 bits per heavy atom. The zero-order valence-corrected chi connectivity index (χ0v) is 21.2. The molecule has 1 saturated heterocycles. The lowest BCUT2D eigenvalue weighted by molar-refractivity contribution is 0.0950. The standard InChI is InChI=1S/C22H30N4O2.C5H10/c1-13-9-18(16(4)20(10-13)26-17-5-7-23-8-6-17)21(27)24-12-19-14(2)11-15(3)25-22(19)28;1-4-5(2)3/h9-11,17,23,26H,5-8,12H2,1-4H3,(H,24,27)(H,25,28);4H,1-3H3. The van der Waals surface area contributed by atoms with E-state index in [2.05, 4.69) is 46.9 Å². The molecule has 1 amide bonds. The number of aromatic nitrogens is 1. The van der Waals surface area contributed by atoms with Gasteiger partial charge in [0.1, 0.15) is 0 Å². The lowest BCUT2D eigenvalue weighted by atomic mass is 10.00. The second-order valence-corrected chi connectivity index (χ2v) is 9.15. The first-order valence-electron chi connectivity index (χ1n) is 11.8. The predicted molar refractivity (Wildman–Crippen MR) is 138 cm³/mol. The van der Waals surface area contributed by atoms with Crippen molar-refractivity contribution in [3.63, 3.8) is 0 Å². The van der Waals surface area contributed by atoms with Gasteiger partial charge in [-0.15, -0.1) is 0 Å². The zero-order chi connectivity index (χ0) is 24.5. The number of H-pyrrole nitrogens is 1. The molecule has 2 aromatic rings. The average molecular weight is 453 g/mol. The number of hydrogen-bond acceptors (Lipinski definition) is 4. The monoisotopic (exact) mass is 452 g/mol. The number of hydrogen-bond donors (Lipinski definition) is 4. The quantitative estimate of drug-likeness (QED) is 0.497. The number of carbonyl (C=O) groups is 1. The highest BCUT2D eigenvalue weighted by Gasteiger charge is 2.18. The molecule has 0 radical (unpaired) electrons. The molecule has 4 N–H and O–H groups in total. The molecule has 0 unspecified atom stereocenters. The highest BCUT2D eigenvalue weighted by molar-refractivity contribution is 5.97. The molecule has 2 heterocycles. The van der Waals surface area contributed by atoms with Crippen molar-refractivity contribution < 1.29 is 4.79 Å². The summed E-state index contributed by atoms with van der Waals surface area (Å²) in [6.07, 6.45) is 4.23. The molecule has 0 saturated carbocycles. The van der Waals surface area contributed by atoms with Crippen LogP contribution in [-0.4, -0.2) is 30.0 Å². The van der Waals surface area contributed by atoms with E-state index >= 15 is 0 Å². The lowest BCUT2D eigenvalue weighted by Crippen LogP contribution is -2.35. The Kier molecular flexibility index (Phi) is 9.92. The molecule has 1 fully saturated rings. The predicted octanol–water partition coefficient (Wildman–Crippen LogP) is 4.67. The number of nitrogens with one attached hydrogen (secondary N) is 4. The highest BCUT2D eigenvalue weighted by Crippen LogP contribution is 2.24. The summed E-state index contributed by atoms with van der Waals surface area (Å²) >= 11 is 0. The number of rotatable bonds is 5. The summed E-state index contributed by atoms with van der Waals surface area (Å²) in [6.45, 7) is 16.2. The molecule has 3 rings (SSSR count). The summed E-state index contributed by atoms with van der Waals surface area (Å²) in [5, 5.41) is 9.90. The third-order valence-corrected chi connectivity index (χ3v) is 5.99. The number of pyridine rings is 1. The molecule has 33 heavy (non-hydrogen) atoms. The molecular formula is C27H40N4O2. The fourth-order valence-electron chi connectivity index (χ4n) is 3.80. The summed E-state index contributed by atoms with van der Waals surface area (Å²) < 4.78 is 0. The van der Waals surface area contributed by atoms with Crippen LogP contribution in [0.3, 0.4) is 0 Å². The maximum Gasteiger partial charge on any atom is 0.253 e. The molecule has 6 heteroatoms. The molecule has 1 aromatic carbocycles. The van der Waals surface area contributed by atoms with E-state index in [1.165, 1.54) is 5.57 Å². The number of carbonyl (C=O) groups excluding carboxylic acids is 1. The van der Waals surface area contributed by atoms with Gasteiger partial charge in [0.15, 0.2) is 0 Å². The van der Waals surface area contributed by atoms with Crippen LogP contribution in [0.4, 0.5) is 5.69 Å². The van der Waals surface area contributed by atoms with Gasteiger partial charge in [-0.1, -0.05) is 11.6 Å². The normalized spacial score (nSPS) is 13.5. The topological polar surface area (TPSA) is 86.0 Å². The van der Waals surface area contributed by atoms with Crippen LogP contribution < -0.4 is 21.5 Å². The first-order chi connectivity index (χ1) is 15.6. The molecule has 180 valence electrons. The third kappa shape index (κ3) is 7.90. The van der Waals surface area contributed by atoms with E-state index in [0.717, 1.165) is 54.0 Å². The minimum Gasteiger partial charge on any atom is -0.382 e. The number of aryl methyl sites for hydroxylation is 3. The van der Waals surface area contributed by atoms with E-state index in [9.17, 15) is 9.59 Å². The van der Waals surface area contributed by atoms with E-state index in [1.54, 1.807) is 0 Å². The molecule has 0 aliphatic carbocycles. The van der Waals surface area contributed by atoms with Crippen LogP contribution in [0.25, 0.3) is 0 Å². The van der Waals surface area contributed by atoms with Crippen molar-refractivity contribution in [1.82, 2.24) is 15.6 Å². The fourth-order valence-corrected chi connectivity index (χ4v) is 3.80. The van der Waals surface area contributed by atoms with Gasteiger partial charge in [-0.05, 0) is 109 Å². The fraction of sp³-hybridized carbons (Fsp3) is 0.481. The van der Waals surface area contributed by atoms with Gasteiger partial charge in [-0.2, -0.15) is 0 Å². The van der Waals surface area contributed by atoms with E-state index in [0.29, 0.717) is 17.2 Å². The van der Waals surface area contributed by atoms with Gasteiger partial charge in [-0.3, -0.25) is 9.59 Å². The first-order valence-corrected chi connectivity index (χ1v) is 11.8. The molecule has 1 aliphatic heterocycles. The summed E-state index contributed by atoms with van der Waals surface area (Å²) in [5.74, 6) is -0.158. The van der Waals surface area contributed by atoms with Crippen LogP contribution in [0, 0.1) is 27.7 Å². The Hall–Kier alpha value is -2.86. The Morgan fingerprint density at radius 3 is 2.30 bits per heavy atom. The minimum atomic E-state index is -0.158. The number of amides is 1. The van der Waals surface area contributed by atoms with Crippen LogP contribution >= 0.6 is 0 Å². The molecule has 6 nitrogen and oxygen atoms in total. The SMILES string of the molecule is CC=C(C)C.Cc1cc(NC2CCNCC2)c(C)c(C(=O)NCc2c(C)cc(C)[nH]c2=O)c1. The van der Waals surface area contributed by atoms with Gasteiger partial charge < -0.3 is 20.9 Å². The summed E-state index contributed by atoms with van der Waals surface area (Å²) in [4.78, 5) is 27.8. The van der Waals surface area contributed by atoms with Gasteiger partial charge >= 0.3 is 0 Å². The largest absolute Gasteiger partial charge is 0.382 e. The Bertz CT molecular complexity index is 1040. The Labute approximate surface area is 198 Å². The maximum atomic E-state index is 12.9. The summed E-state index contributed by atoms with van der Waals surface area (Å²) in [6, 6.07) is 6.35. The second-order valence-electron chi connectivity index (χ2n) is 9.15. The summed E-state index contributed by atoms with van der Waals surface area (Å²) in [5.41, 5.74) is 7.18. The lowest BCUT2D eigenvalue weighted by Gasteiger charge is -2.26. The zero-order valence-electron chi connectivity index (χ0n) is 21.2. The van der Waals surface area contributed by atoms with E-state index in [4.69, 9.17) is 0 Å². The molecular weight excluding hydrogens is 412 g/mol. The van der Waals surface area contributed by atoms with E-state index in [1.807, 2.05) is 46.8 Å². The molecule has 0 spiro atoms. The number of allylic oxidation sites excluding steroid dienone is 2. The first kappa shape index (κ1) is 26.4. The van der Waals surface area contributed by atoms with Gasteiger partial charge in [-0.25, -0.2) is 0 Å². The van der Waals surface area contributed by atoms with Crippen molar-refractivity contribution in [1.29, 1.82) is 0 Å². The number of piperidine rings is 1. The summed E-state index contributed by atoms with van der Waals surface area (Å²) in [7, 11) is 0. The number of anilines is 1. The van der Waals surface area contributed by atoms with Crippen LogP contribution in [0.2, 0.25) is 0 Å². The minimum absolute atomic E-state index is 0.146. The average Bonchev–Trinajstić information content (AvgIpc) is 2.76. The van der Waals surface area contributed by atoms with Crippen LogP contribution in [0.1, 0.15) is 71.9 Å².